The summed E-state index contributed by atoms with van der Waals surface area (Å²) in [6.07, 6.45) is 0. The molecule has 130 valence electrons. The van der Waals surface area contributed by atoms with Gasteiger partial charge in [-0.15, -0.1) is 0 Å². The van der Waals surface area contributed by atoms with Gasteiger partial charge < -0.3 is 10.1 Å². The smallest absolute Gasteiger partial charge is 0.271 e. The van der Waals surface area contributed by atoms with Crippen molar-refractivity contribution in [1.82, 2.24) is 0 Å². The first-order valence-corrected chi connectivity index (χ1v) is 7.94. The zero-order chi connectivity index (χ0) is 18.4. The van der Waals surface area contributed by atoms with Crippen molar-refractivity contribution in [1.29, 1.82) is 0 Å². The highest BCUT2D eigenvalue weighted by Crippen LogP contribution is 2.19. The molecule has 6 nitrogen and oxygen atoms in total. The Morgan fingerprint density at radius 3 is 2.50 bits per heavy atom. The number of ether oxygens (including phenoxy) is 1. The second-order valence-electron chi connectivity index (χ2n) is 5.56. The number of anilines is 1. The van der Waals surface area contributed by atoms with E-state index in [-0.39, 0.29) is 11.6 Å². The summed E-state index contributed by atoms with van der Waals surface area (Å²) in [5, 5.41) is 13.5. The molecular weight excluding hydrogens is 332 g/mol. The van der Waals surface area contributed by atoms with E-state index >= 15 is 0 Å². The van der Waals surface area contributed by atoms with Gasteiger partial charge in [-0.05, 0) is 29.8 Å². The lowest BCUT2D eigenvalue weighted by atomic mass is 10.2. The van der Waals surface area contributed by atoms with Crippen LogP contribution in [0.15, 0.2) is 78.9 Å². The number of amides is 1. The first-order valence-electron chi connectivity index (χ1n) is 7.94. The summed E-state index contributed by atoms with van der Waals surface area (Å²) in [6.45, 7) is 0.400. The number of nitro groups is 1. The van der Waals surface area contributed by atoms with Crippen molar-refractivity contribution < 1.29 is 14.5 Å². The van der Waals surface area contributed by atoms with Crippen LogP contribution in [-0.2, 0) is 6.61 Å². The third-order valence-corrected chi connectivity index (χ3v) is 3.66. The summed E-state index contributed by atoms with van der Waals surface area (Å²) in [4.78, 5) is 22.7. The van der Waals surface area contributed by atoms with Gasteiger partial charge in [0.05, 0.1) is 4.92 Å². The highest BCUT2D eigenvalue weighted by molar-refractivity contribution is 6.04. The number of carbonyl (C=O) groups is 1. The van der Waals surface area contributed by atoms with Crippen LogP contribution in [0.25, 0.3) is 0 Å². The highest BCUT2D eigenvalue weighted by atomic mass is 16.6. The van der Waals surface area contributed by atoms with E-state index in [2.05, 4.69) is 5.32 Å². The SMILES string of the molecule is O=C(Nc1cccc([N+](=O)[O-])c1)c1cccc(OCc2ccccc2)c1. The Kier molecular flexibility index (Phi) is 5.24. The van der Waals surface area contributed by atoms with Gasteiger partial charge in [0.25, 0.3) is 11.6 Å². The summed E-state index contributed by atoms with van der Waals surface area (Å²) >= 11 is 0. The largest absolute Gasteiger partial charge is 0.489 e. The van der Waals surface area contributed by atoms with E-state index in [1.807, 2.05) is 30.3 Å². The average Bonchev–Trinajstić information content (AvgIpc) is 2.67. The maximum Gasteiger partial charge on any atom is 0.271 e. The molecule has 0 bridgehead atoms. The molecule has 3 aromatic carbocycles. The molecule has 3 aromatic rings. The van der Waals surface area contributed by atoms with Crippen molar-refractivity contribution in [3.63, 3.8) is 0 Å². The van der Waals surface area contributed by atoms with Crippen LogP contribution in [0.1, 0.15) is 15.9 Å². The number of benzene rings is 3. The fourth-order valence-corrected chi connectivity index (χ4v) is 2.37. The fourth-order valence-electron chi connectivity index (χ4n) is 2.37. The summed E-state index contributed by atoms with van der Waals surface area (Å²) in [5.74, 6) is 0.205. The third kappa shape index (κ3) is 4.45. The molecule has 0 fully saturated rings. The number of hydrogen-bond acceptors (Lipinski definition) is 4. The third-order valence-electron chi connectivity index (χ3n) is 3.66. The monoisotopic (exact) mass is 348 g/mol. The highest BCUT2D eigenvalue weighted by Gasteiger charge is 2.10. The van der Waals surface area contributed by atoms with Gasteiger partial charge in [-0.3, -0.25) is 14.9 Å². The second-order valence-corrected chi connectivity index (χ2v) is 5.56. The van der Waals surface area contributed by atoms with Crippen LogP contribution in [0.2, 0.25) is 0 Å². The molecule has 1 amide bonds. The maximum absolute atomic E-state index is 12.4. The van der Waals surface area contributed by atoms with Crippen LogP contribution in [0.5, 0.6) is 5.75 Å². The lowest BCUT2D eigenvalue weighted by Crippen LogP contribution is -2.12. The van der Waals surface area contributed by atoms with E-state index < -0.39 is 4.92 Å². The van der Waals surface area contributed by atoms with E-state index in [1.165, 1.54) is 18.2 Å². The van der Waals surface area contributed by atoms with E-state index in [0.29, 0.717) is 23.6 Å². The maximum atomic E-state index is 12.4. The zero-order valence-corrected chi connectivity index (χ0v) is 13.8. The second kappa shape index (κ2) is 7.94. The Hall–Kier alpha value is -3.67. The number of non-ortho nitro benzene ring substituents is 1. The molecule has 0 unspecified atom stereocenters. The van der Waals surface area contributed by atoms with Crippen LogP contribution >= 0.6 is 0 Å². The van der Waals surface area contributed by atoms with Gasteiger partial charge in [0.2, 0.25) is 0 Å². The lowest BCUT2D eigenvalue weighted by molar-refractivity contribution is -0.384. The molecule has 0 aliphatic carbocycles. The van der Waals surface area contributed by atoms with E-state index in [1.54, 1.807) is 30.3 Å². The average molecular weight is 348 g/mol. The normalized spacial score (nSPS) is 10.2. The van der Waals surface area contributed by atoms with E-state index in [0.717, 1.165) is 5.56 Å². The predicted molar refractivity (Wildman–Crippen MR) is 98.3 cm³/mol. The number of nitrogens with zero attached hydrogens (tertiary/aromatic N) is 1. The molecule has 0 aromatic heterocycles. The van der Waals surface area contributed by atoms with Crippen molar-refractivity contribution in [2.75, 3.05) is 5.32 Å². The van der Waals surface area contributed by atoms with Crippen LogP contribution in [0, 0.1) is 10.1 Å². The summed E-state index contributed by atoms with van der Waals surface area (Å²) < 4.78 is 5.71. The number of rotatable bonds is 6. The van der Waals surface area contributed by atoms with Crippen molar-refractivity contribution in [3.05, 3.63) is 100 Å². The zero-order valence-electron chi connectivity index (χ0n) is 13.8. The molecule has 6 heteroatoms. The molecule has 26 heavy (non-hydrogen) atoms. The van der Waals surface area contributed by atoms with Gasteiger partial charge in [0, 0.05) is 23.4 Å². The van der Waals surface area contributed by atoms with Gasteiger partial charge in [0.15, 0.2) is 0 Å². The van der Waals surface area contributed by atoms with Crippen molar-refractivity contribution >= 4 is 17.3 Å². The number of nitro benzene ring substituents is 1. The topological polar surface area (TPSA) is 81.5 Å². The molecule has 0 aliphatic heterocycles. The van der Waals surface area contributed by atoms with Crippen molar-refractivity contribution in [3.8, 4) is 5.75 Å². The van der Waals surface area contributed by atoms with Crippen molar-refractivity contribution in [2.45, 2.75) is 6.61 Å². The Morgan fingerprint density at radius 2 is 1.73 bits per heavy atom. The summed E-state index contributed by atoms with van der Waals surface area (Å²) in [5.41, 5.74) is 1.71. The van der Waals surface area contributed by atoms with E-state index in [4.69, 9.17) is 4.74 Å². The van der Waals surface area contributed by atoms with Gasteiger partial charge >= 0.3 is 0 Å². The summed E-state index contributed by atoms with van der Waals surface area (Å²) in [6, 6.07) is 22.3. The molecule has 3 rings (SSSR count). The number of nitrogens with one attached hydrogen (secondary N) is 1. The minimum absolute atomic E-state index is 0.0808. The molecule has 0 spiro atoms. The van der Waals surface area contributed by atoms with Crippen LogP contribution in [0.4, 0.5) is 11.4 Å². The molecule has 0 saturated carbocycles. The van der Waals surface area contributed by atoms with Gasteiger partial charge in [-0.2, -0.15) is 0 Å². The fraction of sp³-hybridized carbons (Fsp3) is 0.0500. The molecule has 0 saturated heterocycles. The molecule has 0 heterocycles. The molecule has 1 N–H and O–H groups in total. The van der Waals surface area contributed by atoms with E-state index in [9.17, 15) is 14.9 Å². The van der Waals surface area contributed by atoms with Crippen LogP contribution < -0.4 is 10.1 Å². The van der Waals surface area contributed by atoms with Crippen molar-refractivity contribution in [2.24, 2.45) is 0 Å². The molecule has 0 atom stereocenters. The number of hydrogen-bond donors (Lipinski definition) is 1. The first kappa shape index (κ1) is 17.2. The quantitative estimate of drug-likeness (QED) is 0.528. The molecule has 0 aliphatic rings. The number of carbonyl (C=O) groups excluding carboxylic acids is 1. The summed E-state index contributed by atoms with van der Waals surface area (Å²) in [7, 11) is 0. The van der Waals surface area contributed by atoms with Crippen LogP contribution in [-0.4, -0.2) is 10.8 Å². The standard InChI is InChI=1S/C20H16N2O4/c23-20(21-17-9-5-10-18(13-17)22(24)25)16-8-4-11-19(12-16)26-14-15-6-2-1-3-7-15/h1-13H,14H2,(H,21,23). The van der Waals surface area contributed by atoms with Crippen LogP contribution in [0.3, 0.4) is 0 Å². The Balaban J connectivity index is 1.68. The van der Waals surface area contributed by atoms with Gasteiger partial charge in [-0.25, -0.2) is 0 Å². The molecular formula is C20H16N2O4. The van der Waals surface area contributed by atoms with Gasteiger partial charge in [-0.1, -0.05) is 42.5 Å². The Morgan fingerprint density at radius 1 is 0.962 bits per heavy atom. The predicted octanol–water partition coefficient (Wildman–Crippen LogP) is 4.43. The first-order chi connectivity index (χ1) is 12.6. The Bertz CT molecular complexity index is 926. The van der Waals surface area contributed by atoms with Gasteiger partial charge in [0.1, 0.15) is 12.4 Å². The minimum Gasteiger partial charge on any atom is -0.489 e. The Labute approximate surface area is 150 Å². The minimum atomic E-state index is -0.506. The lowest BCUT2D eigenvalue weighted by Gasteiger charge is -2.09. The molecule has 0 radical (unpaired) electrons.